The van der Waals surface area contributed by atoms with Crippen molar-refractivity contribution in [1.82, 2.24) is 10.6 Å². The summed E-state index contributed by atoms with van der Waals surface area (Å²) in [6.07, 6.45) is 6.43. The summed E-state index contributed by atoms with van der Waals surface area (Å²) in [7, 11) is 0. The number of hydrogen-bond acceptors (Lipinski definition) is 2. The number of guanidine groups is 1. The lowest BCUT2D eigenvalue weighted by atomic mass is 9.89. The molecule has 0 aromatic heterocycles. The SMILES string of the molecule is CCNC(=NCC(C)O)NCC1CCCCC1. The number of aliphatic hydroxyl groups excluding tert-OH is 1. The first-order valence-electron chi connectivity index (χ1n) is 6.92. The molecule has 0 heterocycles. The van der Waals surface area contributed by atoms with Crippen LogP contribution in [0.5, 0.6) is 0 Å². The van der Waals surface area contributed by atoms with Crippen LogP contribution in [0.4, 0.5) is 0 Å². The Hall–Kier alpha value is -0.770. The van der Waals surface area contributed by atoms with Gasteiger partial charge in [-0.15, -0.1) is 0 Å². The molecule has 1 fully saturated rings. The van der Waals surface area contributed by atoms with E-state index in [0.29, 0.717) is 6.54 Å². The summed E-state index contributed by atoms with van der Waals surface area (Å²) in [5.41, 5.74) is 0. The Morgan fingerprint density at radius 3 is 2.59 bits per heavy atom. The topological polar surface area (TPSA) is 56.7 Å². The van der Waals surface area contributed by atoms with E-state index in [9.17, 15) is 5.11 Å². The van der Waals surface area contributed by atoms with Crippen molar-refractivity contribution in [2.75, 3.05) is 19.6 Å². The van der Waals surface area contributed by atoms with Gasteiger partial charge in [-0.3, -0.25) is 4.99 Å². The standard InChI is InChI=1S/C13H27N3O/c1-3-14-13(15-9-11(2)17)16-10-12-7-5-4-6-8-12/h11-12,17H,3-10H2,1-2H3,(H2,14,15,16). The molecule has 0 radical (unpaired) electrons. The van der Waals surface area contributed by atoms with E-state index in [2.05, 4.69) is 22.5 Å². The maximum Gasteiger partial charge on any atom is 0.191 e. The van der Waals surface area contributed by atoms with Crippen LogP contribution >= 0.6 is 0 Å². The van der Waals surface area contributed by atoms with Crippen LogP contribution in [0, 0.1) is 5.92 Å². The molecular formula is C13H27N3O. The van der Waals surface area contributed by atoms with Gasteiger partial charge in [0.2, 0.25) is 0 Å². The van der Waals surface area contributed by atoms with Gasteiger partial charge in [-0.25, -0.2) is 0 Å². The van der Waals surface area contributed by atoms with Crippen LogP contribution in [-0.4, -0.2) is 36.8 Å². The molecule has 1 saturated carbocycles. The predicted molar refractivity (Wildman–Crippen MR) is 72.2 cm³/mol. The van der Waals surface area contributed by atoms with Crippen molar-refractivity contribution in [2.24, 2.45) is 10.9 Å². The van der Waals surface area contributed by atoms with Crippen molar-refractivity contribution in [3.63, 3.8) is 0 Å². The molecule has 1 unspecified atom stereocenters. The Morgan fingerprint density at radius 2 is 2.00 bits per heavy atom. The Kier molecular flexibility index (Phi) is 7.01. The minimum Gasteiger partial charge on any atom is -0.391 e. The third-order valence-electron chi connectivity index (χ3n) is 3.14. The molecule has 0 saturated heterocycles. The van der Waals surface area contributed by atoms with Crippen LogP contribution in [0.2, 0.25) is 0 Å². The highest BCUT2D eigenvalue weighted by Gasteiger charge is 2.13. The molecule has 4 heteroatoms. The monoisotopic (exact) mass is 241 g/mol. The van der Waals surface area contributed by atoms with E-state index in [0.717, 1.165) is 25.0 Å². The summed E-state index contributed by atoms with van der Waals surface area (Å²) in [6.45, 7) is 6.14. The van der Waals surface area contributed by atoms with Crippen LogP contribution in [0.1, 0.15) is 46.0 Å². The Morgan fingerprint density at radius 1 is 1.29 bits per heavy atom. The molecule has 100 valence electrons. The van der Waals surface area contributed by atoms with E-state index < -0.39 is 0 Å². The van der Waals surface area contributed by atoms with E-state index in [1.807, 2.05) is 0 Å². The van der Waals surface area contributed by atoms with Gasteiger partial charge in [0.05, 0.1) is 12.6 Å². The van der Waals surface area contributed by atoms with Crippen molar-refractivity contribution in [3.8, 4) is 0 Å². The molecule has 1 rings (SSSR count). The van der Waals surface area contributed by atoms with Gasteiger partial charge in [-0.1, -0.05) is 19.3 Å². The Labute approximate surface area is 105 Å². The third-order valence-corrected chi connectivity index (χ3v) is 3.14. The lowest BCUT2D eigenvalue weighted by molar-refractivity contribution is 0.203. The fraction of sp³-hybridized carbons (Fsp3) is 0.923. The number of rotatable bonds is 5. The normalized spacial score (nSPS) is 20.1. The van der Waals surface area contributed by atoms with E-state index in [1.165, 1.54) is 32.1 Å². The minimum absolute atomic E-state index is 0.375. The van der Waals surface area contributed by atoms with Crippen molar-refractivity contribution < 1.29 is 5.11 Å². The molecule has 1 aliphatic rings. The Balaban J connectivity index is 2.29. The summed E-state index contributed by atoms with van der Waals surface area (Å²) < 4.78 is 0. The molecule has 0 aromatic carbocycles. The first kappa shape index (κ1) is 14.3. The molecule has 1 atom stereocenters. The zero-order valence-electron chi connectivity index (χ0n) is 11.2. The van der Waals surface area contributed by atoms with Gasteiger partial charge in [-0.05, 0) is 32.6 Å². The van der Waals surface area contributed by atoms with Crippen molar-refractivity contribution >= 4 is 5.96 Å². The summed E-state index contributed by atoms with van der Waals surface area (Å²) in [5.74, 6) is 1.62. The van der Waals surface area contributed by atoms with Crippen molar-refractivity contribution in [1.29, 1.82) is 0 Å². The molecule has 0 bridgehead atoms. The summed E-state index contributed by atoms with van der Waals surface area (Å²) in [4.78, 5) is 4.34. The average molecular weight is 241 g/mol. The van der Waals surface area contributed by atoms with Gasteiger partial charge in [0, 0.05) is 13.1 Å². The van der Waals surface area contributed by atoms with Crippen molar-refractivity contribution in [2.45, 2.75) is 52.1 Å². The van der Waals surface area contributed by atoms with Gasteiger partial charge in [-0.2, -0.15) is 0 Å². The number of aliphatic hydroxyl groups is 1. The molecule has 0 spiro atoms. The largest absolute Gasteiger partial charge is 0.391 e. The number of hydrogen-bond donors (Lipinski definition) is 3. The van der Waals surface area contributed by atoms with Gasteiger partial charge >= 0.3 is 0 Å². The van der Waals surface area contributed by atoms with Gasteiger partial charge < -0.3 is 15.7 Å². The smallest absolute Gasteiger partial charge is 0.191 e. The lowest BCUT2D eigenvalue weighted by Gasteiger charge is -2.23. The van der Waals surface area contributed by atoms with E-state index in [-0.39, 0.29) is 6.10 Å². The number of nitrogens with one attached hydrogen (secondary N) is 2. The van der Waals surface area contributed by atoms with Crippen LogP contribution in [-0.2, 0) is 0 Å². The highest BCUT2D eigenvalue weighted by Crippen LogP contribution is 2.22. The zero-order chi connectivity index (χ0) is 12.5. The molecule has 0 amide bonds. The summed E-state index contributed by atoms with van der Waals surface area (Å²) in [5, 5.41) is 15.8. The van der Waals surface area contributed by atoms with E-state index in [4.69, 9.17) is 0 Å². The van der Waals surface area contributed by atoms with Crippen LogP contribution in [0.15, 0.2) is 4.99 Å². The molecule has 3 N–H and O–H groups in total. The second-order valence-electron chi connectivity index (χ2n) is 4.95. The Bertz CT molecular complexity index is 223. The molecule has 0 aromatic rings. The minimum atomic E-state index is -0.375. The predicted octanol–water partition coefficient (Wildman–Crippen LogP) is 1.50. The molecule has 1 aliphatic carbocycles. The second kappa shape index (κ2) is 8.34. The van der Waals surface area contributed by atoms with Gasteiger partial charge in [0.25, 0.3) is 0 Å². The van der Waals surface area contributed by atoms with Crippen LogP contribution in [0.25, 0.3) is 0 Å². The number of nitrogens with zero attached hydrogens (tertiary/aromatic N) is 1. The lowest BCUT2D eigenvalue weighted by Crippen LogP contribution is -2.40. The van der Waals surface area contributed by atoms with E-state index in [1.54, 1.807) is 6.92 Å². The highest BCUT2D eigenvalue weighted by molar-refractivity contribution is 5.79. The fourth-order valence-electron chi connectivity index (χ4n) is 2.20. The molecule has 17 heavy (non-hydrogen) atoms. The maximum atomic E-state index is 9.22. The maximum absolute atomic E-state index is 9.22. The first-order valence-corrected chi connectivity index (χ1v) is 6.92. The van der Waals surface area contributed by atoms with Gasteiger partial charge in [0.15, 0.2) is 5.96 Å². The number of aliphatic imine (C=N–C) groups is 1. The summed E-state index contributed by atoms with van der Waals surface area (Å²) >= 11 is 0. The van der Waals surface area contributed by atoms with Crippen molar-refractivity contribution in [3.05, 3.63) is 0 Å². The first-order chi connectivity index (χ1) is 8.22. The zero-order valence-corrected chi connectivity index (χ0v) is 11.2. The molecular weight excluding hydrogens is 214 g/mol. The second-order valence-corrected chi connectivity index (χ2v) is 4.95. The van der Waals surface area contributed by atoms with E-state index >= 15 is 0 Å². The van der Waals surface area contributed by atoms with Crippen LogP contribution < -0.4 is 10.6 Å². The highest BCUT2D eigenvalue weighted by atomic mass is 16.3. The average Bonchev–Trinajstić information content (AvgIpc) is 2.34. The van der Waals surface area contributed by atoms with Gasteiger partial charge in [0.1, 0.15) is 0 Å². The fourth-order valence-corrected chi connectivity index (χ4v) is 2.20. The van der Waals surface area contributed by atoms with Crippen LogP contribution in [0.3, 0.4) is 0 Å². The molecule has 0 aliphatic heterocycles. The summed E-state index contributed by atoms with van der Waals surface area (Å²) in [6, 6.07) is 0. The molecule has 4 nitrogen and oxygen atoms in total. The quantitative estimate of drug-likeness (QED) is 0.505. The third kappa shape index (κ3) is 6.51.